The Bertz CT molecular complexity index is 570. The number of carbonyl (C=O) groups is 1. The minimum Gasteiger partial charge on any atom is -0.506 e. The van der Waals surface area contributed by atoms with Crippen molar-refractivity contribution in [2.75, 3.05) is 6.54 Å². The van der Waals surface area contributed by atoms with E-state index in [0.29, 0.717) is 18.5 Å². The van der Waals surface area contributed by atoms with E-state index in [1.54, 1.807) is 12.1 Å². The second-order valence-electron chi connectivity index (χ2n) is 4.06. The van der Waals surface area contributed by atoms with Gasteiger partial charge in [-0.15, -0.1) is 0 Å². The number of hydrogen-bond acceptors (Lipinski definition) is 3. The molecule has 1 heterocycles. The molecule has 0 spiro atoms. The number of halogens is 1. The average Bonchev–Trinajstić information content (AvgIpc) is 2.41. The summed E-state index contributed by atoms with van der Waals surface area (Å²) in [6.45, 7) is 0.431. The van der Waals surface area contributed by atoms with Crippen molar-refractivity contribution >= 4 is 5.91 Å². The number of aromatic nitrogens is 1. The van der Waals surface area contributed by atoms with Gasteiger partial charge in [-0.25, -0.2) is 4.39 Å². The quantitative estimate of drug-likeness (QED) is 0.882. The number of nitrogens with zero attached hydrogens (tertiary/aromatic N) is 1. The van der Waals surface area contributed by atoms with Crippen LogP contribution in [0.15, 0.2) is 42.7 Å². The maximum Gasteiger partial charge on any atom is 0.252 e. The molecule has 1 aromatic heterocycles. The van der Waals surface area contributed by atoms with Gasteiger partial charge in [0.25, 0.3) is 5.91 Å². The average molecular weight is 260 g/mol. The molecule has 19 heavy (non-hydrogen) atoms. The molecule has 0 atom stereocenters. The standard InChI is InChI=1S/C14H13FN2O2/c15-12-3-1-10(2-4-12)5-6-17-14(19)11-7-13(18)9-16-8-11/h1-4,7-9,18H,5-6H2,(H,17,19). The minimum absolute atomic E-state index is 0.0498. The van der Waals surface area contributed by atoms with E-state index in [2.05, 4.69) is 10.3 Å². The van der Waals surface area contributed by atoms with Crippen LogP contribution in [0.1, 0.15) is 15.9 Å². The fraction of sp³-hybridized carbons (Fsp3) is 0.143. The lowest BCUT2D eigenvalue weighted by Crippen LogP contribution is -2.25. The van der Waals surface area contributed by atoms with Gasteiger partial charge in [-0.05, 0) is 30.2 Å². The Labute approximate surface area is 109 Å². The second kappa shape index (κ2) is 5.95. The Balaban J connectivity index is 1.86. The summed E-state index contributed by atoms with van der Waals surface area (Å²) in [6, 6.07) is 7.47. The lowest BCUT2D eigenvalue weighted by Gasteiger charge is -2.05. The summed E-state index contributed by atoms with van der Waals surface area (Å²) in [5, 5.41) is 11.9. The molecule has 0 aliphatic heterocycles. The van der Waals surface area contributed by atoms with Gasteiger partial charge in [0.15, 0.2) is 0 Å². The summed E-state index contributed by atoms with van der Waals surface area (Å²) >= 11 is 0. The number of rotatable bonds is 4. The molecule has 2 rings (SSSR count). The van der Waals surface area contributed by atoms with Gasteiger partial charge in [0.1, 0.15) is 11.6 Å². The summed E-state index contributed by atoms with van der Waals surface area (Å²) in [7, 11) is 0. The Kier molecular flexibility index (Phi) is 4.07. The van der Waals surface area contributed by atoms with Crippen LogP contribution in [0.4, 0.5) is 4.39 Å². The topological polar surface area (TPSA) is 62.2 Å². The van der Waals surface area contributed by atoms with Crippen LogP contribution in [-0.2, 0) is 6.42 Å². The zero-order chi connectivity index (χ0) is 13.7. The Morgan fingerprint density at radius 3 is 2.68 bits per heavy atom. The molecule has 0 unspecified atom stereocenters. The molecule has 98 valence electrons. The largest absolute Gasteiger partial charge is 0.506 e. The van der Waals surface area contributed by atoms with E-state index >= 15 is 0 Å². The van der Waals surface area contributed by atoms with Gasteiger partial charge in [0, 0.05) is 12.7 Å². The maximum atomic E-state index is 12.7. The van der Waals surface area contributed by atoms with Crippen LogP contribution in [0.3, 0.4) is 0 Å². The fourth-order valence-electron chi connectivity index (χ4n) is 1.63. The van der Waals surface area contributed by atoms with Gasteiger partial charge < -0.3 is 10.4 Å². The van der Waals surface area contributed by atoms with Crippen molar-refractivity contribution in [3.05, 3.63) is 59.7 Å². The number of hydrogen-bond donors (Lipinski definition) is 2. The van der Waals surface area contributed by atoms with E-state index in [4.69, 9.17) is 0 Å². The van der Waals surface area contributed by atoms with Crippen molar-refractivity contribution in [3.63, 3.8) is 0 Å². The molecule has 2 aromatic rings. The summed E-state index contributed by atoms with van der Waals surface area (Å²) in [5.41, 5.74) is 1.25. The highest BCUT2D eigenvalue weighted by molar-refractivity contribution is 5.94. The van der Waals surface area contributed by atoms with Gasteiger partial charge in [-0.2, -0.15) is 0 Å². The third kappa shape index (κ3) is 3.77. The van der Waals surface area contributed by atoms with Crippen LogP contribution in [-0.4, -0.2) is 22.5 Å². The highest BCUT2D eigenvalue weighted by Crippen LogP contribution is 2.08. The molecule has 0 fully saturated rings. The molecular weight excluding hydrogens is 247 g/mol. The fourth-order valence-corrected chi connectivity index (χ4v) is 1.63. The van der Waals surface area contributed by atoms with Crippen molar-refractivity contribution in [3.8, 4) is 5.75 Å². The number of carbonyl (C=O) groups excluding carboxylic acids is 1. The summed E-state index contributed by atoms with van der Waals surface area (Å²) in [4.78, 5) is 15.4. The predicted octanol–water partition coefficient (Wildman–Crippen LogP) is 1.90. The van der Waals surface area contributed by atoms with Crippen molar-refractivity contribution in [1.29, 1.82) is 0 Å². The highest BCUT2D eigenvalue weighted by atomic mass is 19.1. The van der Waals surface area contributed by atoms with Crippen LogP contribution >= 0.6 is 0 Å². The molecule has 0 saturated heterocycles. The number of pyridine rings is 1. The van der Waals surface area contributed by atoms with Crippen molar-refractivity contribution < 1.29 is 14.3 Å². The van der Waals surface area contributed by atoms with Gasteiger partial charge >= 0.3 is 0 Å². The molecule has 5 heteroatoms. The van der Waals surface area contributed by atoms with E-state index in [1.165, 1.54) is 30.6 Å². The first kappa shape index (κ1) is 13.0. The maximum absolute atomic E-state index is 12.7. The van der Waals surface area contributed by atoms with Crippen LogP contribution in [0.25, 0.3) is 0 Å². The molecule has 0 bridgehead atoms. The molecule has 2 N–H and O–H groups in total. The van der Waals surface area contributed by atoms with Crippen molar-refractivity contribution in [2.24, 2.45) is 0 Å². The molecule has 1 aromatic carbocycles. The summed E-state index contributed by atoms with van der Waals surface area (Å²) in [6.07, 6.45) is 3.25. The van der Waals surface area contributed by atoms with Gasteiger partial charge in [-0.1, -0.05) is 12.1 Å². The monoisotopic (exact) mass is 260 g/mol. The van der Waals surface area contributed by atoms with E-state index in [0.717, 1.165) is 5.56 Å². The Morgan fingerprint density at radius 2 is 2.00 bits per heavy atom. The smallest absolute Gasteiger partial charge is 0.252 e. The van der Waals surface area contributed by atoms with Crippen molar-refractivity contribution in [2.45, 2.75) is 6.42 Å². The van der Waals surface area contributed by atoms with Crippen LogP contribution in [0, 0.1) is 5.82 Å². The van der Waals surface area contributed by atoms with E-state index < -0.39 is 0 Å². The normalized spacial score (nSPS) is 10.2. The van der Waals surface area contributed by atoms with E-state index in [-0.39, 0.29) is 17.5 Å². The molecule has 1 amide bonds. The number of nitrogens with one attached hydrogen (secondary N) is 1. The van der Waals surface area contributed by atoms with Crippen LogP contribution < -0.4 is 5.32 Å². The number of benzene rings is 1. The molecule has 0 radical (unpaired) electrons. The first-order valence-corrected chi connectivity index (χ1v) is 5.82. The van der Waals surface area contributed by atoms with Crippen molar-refractivity contribution in [1.82, 2.24) is 10.3 Å². The second-order valence-corrected chi connectivity index (χ2v) is 4.06. The zero-order valence-corrected chi connectivity index (χ0v) is 10.1. The highest BCUT2D eigenvalue weighted by Gasteiger charge is 2.06. The lowest BCUT2D eigenvalue weighted by atomic mass is 10.1. The minimum atomic E-state index is -0.300. The zero-order valence-electron chi connectivity index (χ0n) is 10.1. The summed E-state index contributed by atoms with van der Waals surface area (Å²) < 4.78 is 12.7. The van der Waals surface area contributed by atoms with Gasteiger partial charge in [-0.3, -0.25) is 9.78 Å². The predicted molar refractivity (Wildman–Crippen MR) is 68.3 cm³/mol. The molecule has 0 aliphatic rings. The Morgan fingerprint density at radius 1 is 1.26 bits per heavy atom. The number of amides is 1. The molecule has 0 saturated carbocycles. The Hall–Kier alpha value is -2.43. The van der Waals surface area contributed by atoms with Crippen LogP contribution in [0.2, 0.25) is 0 Å². The molecular formula is C14H13FN2O2. The van der Waals surface area contributed by atoms with E-state index in [9.17, 15) is 14.3 Å². The first-order chi connectivity index (χ1) is 9.15. The SMILES string of the molecule is O=C(NCCc1ccc(F)cc1)c1cncc(O)c1. The molecule has 0 aliphatic carbocycles. The van der Waals surface area contributed by atoms with E-state index in [1.807, 2.05) is 0 Å². The molecule has 4 nitrogen and oxygen atoms in total. The lowest BCUT2D eigenvalue weighted by molar-refractivity contribution is 0.0953. The summed E-state index contributed by atoms with van der Waals surface area (Å²) in [5.74, 6) is -0.629. The number of aromatic hydroxyl groups is 1. The van der Waals surface area contributed by atoms with Crippen LogP contribution in [0.5, 0.6) is 5.75 Å². The third-order valence-corrected chi connectivity index (χ3v) is 2.60. The van der Waals surface area contributed by atoms with Gasteiger partial charge in [0.05, 0.1) is 11.8 Å². The first-order valence-electron chi connectivity index (χ1n) is 5.82. The third-order valence-electron chi connectivity index (χ3n) is 2.60. The van der Waals surface area contributed by atoms with Gasteiger partial charge in [0.2, 0.25) is 0 Å².